The molecule has 0 radical (unpaired) electrons. The van der Waals surface area contributed by atoms with Crippen LogP contribution in [0.25, 0.3) is 0 Å². The molecular formula is C20H20F2N2O2S. The fourth-order valence-corrected chi connectivity index (χ4v) is 3.75. The normalized spacial score (nSPS) is 14.1. The lowest BCUT2D eigenvalue weighted by molar-refractivity contribution is -0.113. The zero-order chi connectivity index (χ0) is 19.2. The quantitative estimate of drug-likeness (QED) is 0.720. The average Bonchev–Trinajstić information content (AvgIpc) is 3.16. The van der Waals surface area contributed by atoms with E-state index in [2.05, 4.69) is 10.6 Å². The molecule has 1 aliphatic rings. The van der Waals surface area contributed by atoms with Crippen LogP contribution in [0.1, 0.15) is 36.0 Å². The van der Waals surface area contributed by atoms with Crippen LogP contribution in [0.2, 0.25) is 0 Å². The minimum atomic E-state index is -0.950. The zero-order valence-corrected chi connectivity index (χ0v) is 15.5. The summed E-state index contributed by atoms with van der Waals surface area (Å²) in [5.41, 5.74) is 0.847. The first-order valence-corrected chi connectivity index (χ1v) is 9.79. The molecule has 0 saturated heterocycles. The largest absolute Gasteiger partial charge is 0.349 e. The molecule has 0 unspecified atom stereocenters. The van der Waals surface area contributed by atoms with E-state index in [4.69, 9.17) is 0 Å². The van der Waals surface area contributed by atoms with E-state index in [1.54, 1.807) is 24.3 Å². The van der Waals surface area contributed by atoms with E-state index >= 15 is 0 Å². The van der Waals surface area contributed by atoms with E-state index < -0.39 is 11.6 Å². The third kappa shape index (κ3) is 5.29. The fraction of sp³-hybridized carbons (Fsp3) is 0.300. The predicted molar refractivity (Wildman–Crippen MR) is 102 cm³/mol. The molecule has 2 amide bonds. The van der Waals surface area contributed by atoms with Gasteiger partial charge in [-0.2, -0.15) is 0 Å². The number of para-hydroxylation sites is 1. The van der Waals surface area contributed by atoms with Crippen LogP contribution in [-0.4, -0.2) is 23.6 Å². The molecule has 7 heteroatoms. The van der Waals surface area contributed by atoms with Crippen molar-refractivity contribution in [2.45, 2.75) is 36.6 Å². The number of nitrogens with one attached hydrogen (secondary N) is 2. The summed E-state index contributed by atoms with van der Waals surface area (Å²) in [5.74, 6) is -2.39. The number of thioether (sulfide) groups is 1. The van der Waals surface area contributed by atoms with Gasteiger partial charge in [0.05, 0.1) is 17.0 Å². The summed E-state index contributed by atoms with van der Waals surface area (Å²) < 4.78 is 26.2. The van der Waals surface area contributed by atoms with Crippen LogP contribution in [0, 0.1) is 11.6 Å². The van der Waals surface area contributed by atoms with Gasteiger partial charge in [0.1, 0.15) is 0 Å². The molecule has 0 aliphatic heterocycles. The molecule has 1 saturated carbocycles. The molecule has 0 heterocycles. The molecule has 1 fully saturated rings. The van der Waals surface area contributed by atoms with Crippen molar-refractivity contribution in [1.82, 2.24) is 5.32 Å². The van der Waals surface area contributed by atoms with Gasteiger partial charge in [-0.25, -0.2) is 8.78 Å². The van der Waals surface area contributed by atoms with Crippen LogP contribution >= 0.6 is 11.8 Å². The van der Waals surface area contributed by atoms with Gasteiger partial charge in [0.25, 0.3) is 5.91 Å². The Hall–Kier alpha value is -2.41. The summed E-state index contributed by atoms with van der Waals surface area (Å²) >= 11 is 1.09. The van der Waals surface area contributed by atoms with Crippen molar-refractivity contribution < 1.29 is 18.4 Å². The maximum absolute atomic E-state index is 13.2. The zero-order valence-electron chi connectivity index (χ0n) is 14.6. The van der Waals surface area contributed by atoms with Gasteiger partial charge in [-0.05, 0) is 43.2 Å². The van der Waals surface area contributed by atoms with Gasteiger partial charge in [-0.1, -0.05) is 25.0 Å². The molecule has 4 nitrogen and oxygen atoms in total. The number of hydrogen-bond acceptors (Lipinski definition) is 3. The number of rotatable bonds is 6. The van der Waals surface area contributed by atoms with Crippen molar-refractivity contribution in [3.63, 3.8) is 0 Å². The summed E-state index contributed by atoms with van der Waals surface area (Å²) in [5, 5.41) is 5.73. The second-order valence-electron chi connectivity index (χ2n) is 6.41. The van der Waals surface area contributed by atoms with Crippen LogP contribution < -0.4 is 10.6 Å². The number of anilines is 1. The first-order valence-electron chi connectivity index (χ1n) is 8.80. The summed E-state index contributed by atoms with van der Waals surface area (Å²) in [4.78, 5) is 25.2. The topological polar surface area (TPSA) is 58.2 Å². The molecule has 3 rings (SSSR count). The van der Waals surface area contributed by atoms with Gasteiger partial charge < -0.3 is 10.6 Å². The number of carbonyl (C=O) groups excluding carboxylic acids is 2. The van der Waals surface area contributed by atoms with Crippen LogP contribution in [0.3, 0.4) is 0 Å². The molecular weight excluding hydrogens is 370 g/mol. The Morgan fingerprint density at radius 3 is 2.52 bits per heavy atom. The Bertz CT molecular complexity index is 838. The second kappa shape index (κ2) is 8.99. The highest BCUT2D eigenvalue weighted by atomic mass is 32.2. The summed E-state index contributed by atoms with van der Waals surface area (Å²) in [6.45, 7) is 0. The highest BCUT2D eigenvalue weighted by Gasteiger charge is 2.20. The maximum atomic E-state index is 13.2. The standard InChI is InChI=1S/C20H20F2N2O2S/c21-16-10-9-14(11-17(16)22)27-12-19(25)24-18-8-4-3-7-15(18)20(26)23-13-5-1-2-6-13/h3-4,7-11,13H,1-2,5-6,12H2,(H,23,26)(H,24,25). The Kier molecular flexibility index (Phi) is 6.45. The first-order chi connectivity index (χ1) is 13.0. The molecule has 0 spiro atoms. The van der Waals surface area contributed by atoms with Crippen molar-refractivity contribution in [3.8, 4) is 0 Å². The number of benzene rings is 2. The molecule has 0 aromatic heterocycles. The average molecular weight is 390 g/mol. The molecule has 27 heavy (non-hydrogen) atoms. The molecule has 0 bridgehead atoms. The highest BCUT2D eigenvalue weighted by molar-refractivity contribution is 8.00. The molecule has 2 aromatic rings. The van der Waals surface area contributed by atoms with Gasteiger partial charge in [0.15, 0.2) is 11.6 Å². The van der Waals surface area contributed by atoms with Crippen LogP contribution in [0.15, 0.2) is 47.4 Å². The van der Waals surface area contributed by atoms with E-state index in [0.717, 1.165) is 49.6 Å². The monoisotopic (exact) mass is 390 g/mol. The van der Waals surface area contributed by atoms with Crippen molar-refractivity contribution >= 4 is 29.3 Å². The number of halogens is 2. The Balaban J connectivity index is 1.60. The van der Waals surface area contributed by atoms with E-state index in [0.29, 0.717) is 16.1 Å². The van der Waals surface area contributed by atoms with E-state index in [-0.39, 0.29) is 23.6 Å². The third-order valence-electron chi connectivity index (χ3n) is 4.40. The SMILES string of the molecule is O=C(CSc1ccc(F)c(F)c1)Nc1ccccc1C(=O)NC1CCCC1. The minimum absolute atomic E-state index is 0.0175. The van der Waals surface area contributed by atoms with Gasteiger partial charge in [0, 0.05) is 10.9 Å². The molecule has 1 aliphatic carbocycles. The fourth-order valence-electron chi connectivity index (χ4n) is 3.03. The van der Waals surface area contributed by atoms with Crippen molar-refractivity contribution in [2.75, 3.05) is 11.1 Å². The molecule has 2 aromatic carbocycles. The van der Waals surface area contributed by atoms with Gasteiger partial charge in [-0.15, -0.1) is 11.8 Å². The van der Waals surface area contributed by atoms with Crippen molar-refractivity contribution in [2.24, 2.45) is 0 Å². The minimum Gasteiger partial charge on any atom is -0.349 e. The van der Waals surface area contributed by atoms with Crippen LogP contribution in [0.5, 0.6) is 0 Å². The number of hydrogen-bond donors (Lipinski definition) is 2. The van der Waals surface area contributed by atoms with Crippen molar-refractivity contribution in [1.29, 1.82) is 0 Å². The Morgan fingerprint density at radius 1 is 1.04 bits per heavy atom. The lowest BCUT2D eigenvalue weighted by Gasteiger charge is -2.15. The maximum Gasteiger partial charge on any atom is 0.253 e. The Morgan fingerprint density at radius 2 is 1.78 bits per heavy atom. The van der Waals surface area contributed by atoms with Gasteiger partial charge >= 0.3 is 0 Å². The lowest BCUT2D eigenvalue weighted by Crippen LogP contribution is -2.33. The van der Waals surface area contributed by atoms with Gasteiger partial charge in [-0.3, -0.25) is 9.59 Å². The van der Waals surface area contributed by atoms with E-state index in [1.807, 2.05) is 0 Å². The number of amides is 2. The van der Waals surface area contributed by atoms with Crippen LogP contribution in [-0.2, 0) is 4.79 Å². The second-order valence-corrected chi connectivity index (χ2v) is 7.46. The predicted octanol–water partition coefficient (Wildman–Crippen LogP) is 4.37. The van der Waals surface area contributed by atoms with Crippen molar-refractivity contribution in [3.05, 3.63) is 59.7 Å². The lowest BCUT2D eigenvalue weighted by atomic mass is 10.1. The molecule has 0 atom stereocenters. The van der Waals surface area contributed by atoms with Gasteiger partial charge in [0.2, 0.25) is 5.91 Å². The smallest absolute Gasteiger partial charge is 0.253 e. The summed E-state index contributed by atoms with van der Waals surface area (Å²) in [7, 11) is 0. The van der Waals surface area contributed by atoms with Crippen LogP contribution in [0.4, 0.5) is 14.5 Å². The number of carbonyl (C=O) groups is 2. The summed E-state index contributed by atoms with van der Waals surface area (Å²) in [6.07, 6.45) is 4.19. The molecule has 142 valence electrons. The van der Waals surface area contributed by atoms with E-state index in [9.17, 15) is 18.4 Å². The third-order valence-corrected chi connectivity index (χ3v) is 5.39. The molecule has 2 N–H and O–H groups in total. The van der Waals surface area contributed by atoms with E-state index in [1.165, 1.54) is 6.07 Å². The highest BCUT2D eigenvalue weighted by Crippen LogP contribution is 2.22. The summed E-state index contributed by atoms with van der Waals surface area (Å²) in [6, 6.07) is 10.5. The first kappa shape index (κ1) is 19.4. The Labute approximate surface area is 160 Å².